The fourth-order valence-corrected chi connectivity index (χ4v) is 3.84. The second-order valence-electron chi connectivity index (χ2n) is 6.33. The summed E-state index contributed by atoms with van der Waals surface area (Å²) in [6.45, 7) is 3.51. The molecule has 1 saturated carbocycles. The molecular formula is C17H25NO. The average Bonchev–Trinajstić information content (AvgIpc) is 2.63. The van der Waals surface area contributed by atoms with Crippen LogP contribution in [0.1, 0.15) is 37.7 Å². The second-order valence-corrected chi connectivity index (χ2v) is 6.33. The molecular weight excluding hydrogens is 234 g/mol. The lowest BCUT2D eigenvalue weighted by Crippen LogP contribution is -2.27. The van der Waals surface area contributed by atoms with Crippen molar-refractivity contribution in [2.45, 2.75) is 44.8 Å². The molecule has 1 aliphatic heterocycles. The summed E-state index contributed by atoms with van der Waals surface area (Å²) in [5.41, 5.74) is 1.42. The standard InChI is InChI=1S/C17H25NO/c19-17-7-6-15-8-10-18(11-9-16(15)12-17)13-14-4-2-1-3-5-14/h1-5,15-17,19H,6-13H2. The number of likely N-dealkylation sites (tertiary alicyclic amines) is 1. The minimum absolute atomic E-state index is 0.0260. The SMILES string of the molecule is OC1CCC2CCN(Cc3ccccc3)CCC2C1. The monoisotopic (exact) mass is 259 g/mol. The number of hydrogen-bond donors (Lipinski definition) is 1. The number of benzene rings is 1. The molecule has 1 aliphatic carbocycles. The van der Waals surface area contributed by atoms with E-state index in [0.29, 0.717) is 0 Å². The van der Waals surface area contributed by atoms with E-state index in [1.54, 1.807) is 0 Å². The molecule has 0 radical (unpaired) electrons. The fourth-order valence-electron chi connectivity index (χ4n) is 3.84. The highest BCUT2D eigenvalue weighted by Gasteiger charge is 2.31. The van der Waals surface area contributed by atoms with Crippen molar-refractivity contribution < 1.29 is 5.11 Å². The zero-order chi connectivity index (χ0) is 13.1. The molecule has 2 fully saturated rings. The highest BCUT2D eigenvalue weighted by molar-refractivity contribution is 5.14. The maximum absolute atomic E-state index is 9.83. The highest BCUT2D eigenvalue weighted by atomic mass is 16.3. The van der Waals surface area contributed by atoms with Crippen molar-refractivity contribution in [3.8, 4) is 0 Å². The predicted octanol–water partition coefficient (Wildman–Crippen LogP) is 3.06. The van der Waals surface area contributed by atoms with Gasteiger partial charge >= 0.3 is 0 Å². The van der Waals surface area contributed by atoms with Gasteiger partial charge in [-0.05, 0) is 62.6 Å². The molecule has 3 rings (SSSR count). The summed E-state index contributed by atoms with van der Waals surface area (Å²) in [6, 6.07) is 10.8. The molecule has 1 aromatic carbocycles. The maximum atomic E-state index is 9.83. The molecule has 1 N–H and O–H groups in total. The van der Waals surface area contributed by atoms with Crippen LogP contribution >= 0.6 is 0 Å². The maximum Gasteiger partial charge on any atom is 0.0543 e. The van der Waals surface area contributed by atoms with E-state index >= 15 is 0 Å². The summed E-state index contributed by atoms with van der Waals surface area (Å²) >= 11 is 0. The Morgan fingerprint density at radius 3 is 2.47 bits per heavy atom. The summed E-state index contributed by atoms with van der Waals surface area (Å²) in [7, 11) is 0. The molecule has 1 saturated heterocycles. The van der Waals surface area contributed by atoms with E-state index in [0.717, 1.165) is 31.2 Å². The minimum atomic E-state index is -0.0260. The lowest BCUT2D eigenvalue weighted by Gasteiger charge is -2.32. The molecule has 3 unspecified atom stereocenters. The van der Waals surface area contributed by atoms with Crippen molar-refractivity contribution in [3.05, 3.63) is 35.9 Å². The second kappa shape index (κ2) is 6.06. The van der Waals surface area contributed by atoms with Gasteiger partial charge in [-0.3, -0.25) is 4.90 Å². The number of nitrogens with zero attached hydrogens (tertiary/aromatic N) is 1. The van der Waals surface area contributed by atoms with Gasteiger partial charge in [-0.2, -0.15) is 0 Å². The van der Waals surface area contributed by atoms with Crippen LogP contribution in [-0.4, -0.2) is 29.2 Å². The van der Waals surface area contributed by atoms with Crippen LogP contribution in [0.2, 0.25) is 0 Å². The van der Waals surface area contributed by atoms with Gasteiger partial charge in [-0.15, -0.1) is 0 Å². The van der Waals surface area contributed by atoms with E-state index in [-0.39, 0.29) is 6.10 Å². The third-order valence-corrected chi connectivity index (χ3v) is 4.99. The first kappa shape index (κ1) is 13.1. The quantitative estimate of drug-likeness (QED) is 0.882. The average molecular weight is 259 g/mol. The zero-order valence-electron chi connectivity index (χ0n) is 11.7. The van der Waals surface area contributed by atoms with E-state index in [1.807, 2.05) is 0 Å². The summed E-state index contributed by atoms with van der Waals surface area (Å²) in [4.78, 5) is 2.60. The first-order valence-electron chi connectivity index (χ1n) is 7.75. The molecule has 0 amide bonds. The topological polar surface area (TPSA) is 23.5 Å². The van der Waals surface area contributed by atoms with Crippen LogP contribution in [0.5, 0.6) is 0 Å². The normalized spacial score (nSPS) is 32.6. The van der Waals surface area contributed by atoms with Gasteiger partial charge in [0.05, 0.1) is 6.10 Å². The lowest BCUT2D eigenvalue weighted by molar-refractivity contribution is 0.0673. The smallest absolute Gasteiger partial charge is 0.0543 e. The molecule has 2 nitrogen and oxygen atoms in total. The summed E-state index contributed by atoms with van der Waals surface area (Å²) < 4.78 is 0. The molecule has 0 spiro atoms. The molecule has 0 bridgehead atoms. The van der Waals surface area contributed by atoms with Crippen molar-refractivity contribution in [2.24, 2.45) is 11.8 Å². The van der Waals surface area contributed by atoms with Gasteiger partial charge in [0.15, 0.2) is 0 Å². The van der Waals surface area contributed by atoms with Gasteiger partial charge in [-0.1, -0.05) is 30.3 Å². The van der Waals surface area contributed by atoms with Gasteiger partial charge in [-0.25, -0.2) is 0 Å². The molecule has 3 atom stereocenters. The van der Waals surface area contributed by atoms with Crippen molar-refractivity contribution >= 4 is 0 Å². The summed E-state index contributed by atoms with van der Waals surface area (Å²) in [6.07, 6.45) is 5.88. The Bertz CT molecular complexity index is 392. The van der Waals surface area contributed by atoms with Crippen LogP contribution in [0.15, 0.2) is 30.3 Å². The van der Waals surface area contributed by atoms with Crippen LogP contribution in [0.3, 0.4) is 0 Å². The third kappa shape index (κ3) is 3.37. The number of aliphatic hydroxyl groups excluding tert-OH is 1. The minimum Gasteiger partial charge on any atom is -0.393 e. The molecule has 104 valence electrons. The molecule has 1 heterocycles. The van der Waals surface area contributed by atoms with Gasteiger partial charge < -0.3 is 5.11 Å². The first-order valence-corrected chi connectivity index (χ1v) is 7.75. The number of aliphatic hydroxyl groups is 1. The van der Waals surface area contributed by atoms with Crippen LogP contribution < -0.4 is 0 Å². The summed E-state index contributed by atoms with van der Waals surface area (Å²) in [5, 5.41) is 9.83. The van der Waals surface area contributed by atoms with E-state index in [2.05, 4.69) is 35.2 Å². The number of fused-ring (bicyclic) bond motifs is 1. The summed E-state index contributed by atoms with van der Waals surface area (Å²) in [5.74, 6) is 1.63. The van der Waals surface area contributed by atoms with Crippen LogP contribution in [0.4, 0.5) is 0 Å². The van der Waals surface area contributed by atoms with Crippen LogP contribution in [0.25, 0.3) is 0 Å². The third-order valence-electron chi connectivity index (χ3n) is 4.99. The van der Waals surface area contributed by atoms with E-state index < -0.39 is 0 Å². The Morgan fingerprint density at radius 2 is 1.68 bits per heavy atom. The van der Waals surface area contributed by atoms with Gasteiger partial charge in [0.25, 0.3) is 0 Å². The van der Waals surface area contributed by atoms with Crippen LogP contribution in [-0.2, 0) is 6.54 Å². The number of hydrogen-bond acceptors (Lipinski definition) is 2. The Hall–Kier alpha value is -0.860. The Kier molecular flexibility index (Phi) is 4.19. The molecule has 2 aliphatic rings. The number of rotatable bonds is 2. The Labute approximate surface area is 116 Å². The van der Waals surface area contributed by atoms with Crippen molar-refractivity contribution in [1.29, 1.82) is 0 Å². The Morgan fingerprint density at radius 1 is 0.947 bits per heavy atom. The molecule has 2 heteroatoms. The van der Waals surface area contributed by atoms with E-state index in [1.165, 1.54) is 37.9 Å². The lowest BCUT2D eigenvalue weighted by atomic mass is 9.75. The highest BCUT2D eigenvalue weighted by Crippen LogP contribution is 2.36. The van der Waals surface area contributed by atoms with Crippen LogP contribution in [0, 0.1) is 11.8 Å². The molecule has 0 aromatic heterocycles. The van der Waals surface area contributed by atoms with Crippen molar-refractivity contribution in [2.75, 3.05) is 13.1 Å². The molecule has 19 heavy (non-hydrogen) atoms. The largest absolute Gasteiger partial charge is 0.393 e. The Balaban J connectivity index is 1.58. The van der Waals surface area contributed by atoms with Crippen molar-refractivity contribution in [1.82, 2.24) is 4.90 Å². The van der Waals surface area contributed by atoms with E-state index in [4.69, 9.17) is 0 Å². The van der Waals surface area contributed by atoms with Gasteiger partial charge in [0, 0.05) is 6.54 Å². The predicted molar refractivity (Wildman–Crippen MR) is 77.8 cm³/mol. The van der Waals surface area contributed by atoms with Gasteiger partial charge in [0.2, 0.25) is 0 Å². The first-order chi connectivity index (χ1) is 9.31. The van der Waals surface area contributed by atoms with E-state index in [9.17, 15) is 5.11 Å². The fraction of sp³-hybridized carbons (Fsp3) is 0.647. The van der Waals surface area contributed by atoms with Gasteiger partial charge in [0.1, 0.15) is 0 Å². The van der Waals surface area contributed by atoms with Crippen molar-refractivity contribution in [3.63, 3.8) is 0 Å². The zero-order valence-corrected chi connectivity index (χ0v) is 11.7. The molecule has 1 aromatic rings.